The zero-order valence-corrected chi connectivity index (χ0v) is 12.8. The topological polar surface area (TPSA) is 54.0 Å². The fourth-order valence-electron chi connectivity index (χ4n) is 1.70. The summed E-state index contributed by atoms with van der Waals surface area (Å²) in [5, 5.41) is 8.09. The Morgan fingerprint density at radius 2 is 2.10 bits per heavy atom. The third kappa shape index (κ3) is 4.66. The molecule has 2 N–H and O–H groups in total. The molecule has 20 heavy (non-hydrogen) atoms. The van der Waals surface area contributed by atoms with E-state index in [1.165, 1.54) is 0 Å². The molecule has 106 valence electrons. The van der Waals surface area contributed by atoms with E-state index in [1.54, 1.807) is 17.5 Å². The van der Waals surface area contributed by atoms with E-state index in [0.29, 0.717) is 12.1 Å². The van der Waals surface area contributed by atoms with Gasteiger partial charge in [-0.05, 0) is 44.4 Å². The van der Waals surface area contributed by atoms with Gasteiger partial charge in [-0.1, -0.05) is 6.07 Å². The molecule has 2 rings (SSSR count). The molecule has 0 saturated carbocycles. The quantitative estimate of drug-likeness (QED) is 0.905. The largest absolute Gasteiger partial charge is 0.365 e. The van der Waals surface area contributed by atoms with E-state index >= 15 is 0 Å². The minimum absolute atomic E-state index is 0.0224. The van der Waals surface area contributed by atoms with Crippen LogP contribution in [-0.2, 0) is 11.2 Å². The maximum absolute atomic E-state index is 11.8. The van der Waals surface area contributed by atoms with Crippen molar-refractivity contribution in [1.29, 1.82) is 0 Å². The van der Waals surface area contributed by atoms with Crippen LogP contribution in [0.15, 0.2) is 35.8 Å². The molecule has 0 aliphatic heterocycles. The first-order valence-corrected chi connectivity index (χ1v) is 7.37. The van der Waals surface area contributed by atoms with Crippen molar-refractivity contribution in [2.24, 2.45) is 0 Å². The lowest BCUT2D eigenvalue weighted by molar-refractivity contribution is -0.115. The Labute approximate surface area is 123 Å². The van der Waals surface area contributed by atoms with Gasteiger partial charge in [0.05, 0.1) is 18.3 Å². The van der Waals surface area contributed by atoms with Crippen LogP contribution >= 0.6 is 11.3 Å². The summed E-state index contributed by atoms with van der Waals surface area (Å²) in [5.74, 6) is 0.777. The van der Waals surface area contributed by atoms with Crippen molar-refractivity contribution in [1.82, 2.24) is 4.98 Å². The van der Waals surface area contributed by atoms with E-state index in [2.05, 4.69) is 36.4 Å². The Bertz CT molecular complexity index is 556. The highest BCUT2D eigenvalue weighted by molar-refractivity contribution is 7.10. The highest BCUT2D eigenvalue weighted by Gasteiger charge is 2.10. The van der Waals surface area contributed by atoms with Crippen LogP contribution in [-0.4, -0.2) is 16.4 Å². The smallest absolute Gasteiger partial charge is 0.229 e. The Morgan fingerprint density at radius 1 is 1.30 bits per heavy atom. The van der Waals surface area contributed by atoms with E-state index in [-0.39, 0.29) is 11.4 Å². The molecule has 0 saturated heterocycles. The molecule has 0 unspecified atom stereocenters. The molecule has 2 aromatic heterocycles. The second-order valence-electron chi connectivity index (χ2n) is 5.61. The maximum Gasteiger partial charge on any atom is 0.229 e. The van der Waals surface area contributed by atoms with E-state index < -0.39 is 0 Å². The molecule has 5 heteroatoms. The summed E-state index contributed by atoms with van der Waals surface area (Å²) >= 11 is 1.58. The first-order valence-electron chi connectivity index (χ1n) is 6.49. The zero-order valence-electron chi connectivity index (χ0n) is 11.9. The number of thiophene rings is 1. The number of carbonyl (C=O) groups excluding carboxylic acids is 1. The van der Waals surface area contributed by atoms with E-state index in [9.17, 15) is 4.79 Å². The molecule has 4 nitrogen and oxygen atoms in total. The van der Waals surface area contributed by atoms with Gasteiger partial charge in [-0.25, -0.2) is 4.98 Å². The molecule has 0 atom stereocenters. The Morgan fingerprint density at radius 3 is 2.65 bits per heavy atom. The average Bonchev–Trinajstić information content (AvgIpc) is 2.82. The molecule has 0 aromatic carbocycles. The second-order valence-corrected chi connectivity index (χ2v) is 6.64. The number of rotatable bonds is 4. The first kappa shape index (κ1) is 14.5. The lowest BCUT2D eigenvalue weighted by Crippen LogP contribution is -2.26. The van der Waals surface area contributed by atoms with Crippen LogP contribution in [0.1, 0.15) is 25.6 Å². The number of aromatic nitrogens is 1. The van der Waals surface area contributed by atoms with Crippen LogP contribution in [0.25, 0.3) is 0 Å². The minimum Gasteiger partial charge on any atom is -0.365 e. The Balaban J connectivity index is 1.92. The number of hydrogen-bond acceptors (Lipinski definition) is 4. The molecule has 2 heterocycles. The van der Waals surface area contributed by atoms with Gasteiger partial charge in [0.15, 0.2) is 0 Å². The van der Waals surface area contributed by atoms with Crippen LogP contribution in [0, 0.1) is 0 Å². The third-order valence-electron chi connectivity index (χ3n) is 2.47. The van der Waals surface area contributed by atoms with Crippen LogP contribution < -0.4 is 10.6 Å². The average molecular weight is 289 g/mol. The predicted molar refractivity (Wildman–Crippen MR) is 84.3 cm³/mol. The van der Waals surface area contributed by atoms with E-state index in [0.717, 1.165) is 10.7 Å². The van der Waals surface area contributed by atoms with E-state index in [1.807, 2.05) is 29.6 Å². The van der Waals surface area contributed by atoms with Crippen molar-refractivity contribution < 1.29 is 4.79 Å². The number of nitrogens with one attached hydrogen (secondary N) is 2. The molecule has 0 bridgehead atoms. The zero-order chi connectivity index (χ0) is 14.6. The fraction of sp³-hybridized carbons (Fsp3) is 0.333. The third-order valence-corrected chi connectivity index (χ3v) is 3.34. The molecule has 0 spiro atoms. The Kier molecular flexibility index (Phi) is 4.39. The van der Waals surface area contributed by atoms with Crippen molar-refractivity contribution in [3.63, 3.8) is 0 Å². The van der Waals surface area contributed by atoms with Gasteiger partial charge in [0.25, 0.3) is 0 Å². The first-order chi connectivity index (χ1) is 9.42. The van der Waals surface area contributed by atoms with Gasteiger partial charge in [0.2, 0.25) is 5.91 Å². The summed E-state index contributed by atoms with van der Waals surface area (Å²) in [6, 6.07) is 7.63. The van der Waals surface area contributed by atoms with Crippen molar-refractivity contribution in [3.8, 4) is 0 Å². The van der Waals surface area contributed by atoms with Crippen molar-refractivity contribution in [3.05, 3.63) is 40.7 Å². The predicted octanol–water partition coefficient (Wildman–Crippen LogP) is 3.53. The minimum atomic E-state index is -0.0308. The monoisotopic (exact) mass is 289 g/mol. The lowest BCUT2D eigenvalue weighted by Gasteiger charge is -2.21. The van der Waals surface area contributed by atoms with Crippen LogP contribution in [0.5, 0.6) is 0 Å². The molecule has 0 radical (unpaired) electrons. The van der Waals surface area contributed by atoms with Gasteiger partial charge in [0.1, 0.15) is 5.82 Å². The maximum atomic E-state index is 11.8. The van der Waals surface area contributed by atoms with Gasteiger partial charge in [-0.2, -0.15) is 0 Å². The van der Waals surface area contributed by atoms with Gasteiger partial charge in [-0.15, -0.1) is 11.3 Å². The van der Waals surface area contributed by atoms with Gasteiger partial charge in [0, 0.05) is 10.4 Å². The van der Waals surface area contributed by atoms with Crippen LogP contribution in [0.4, 0.5) is 11.5 Å². The normalized spacial score (nSPS) is 11.2. The van der Waals surface area contributed by atoms with Crippen molar-refractivity contribution in [2.75, 3.05) is 10.6 Å². The summed E-state index contributed by atoms with van der Waals surface area (Å²) in [6.45, 7) is 6.22. The number of pyridine rings is 1. The molecule has 0 aliphatic rings. The van der Waals surface area contributed by atoms with Gasteiger partial charge in [-0.3, -0.25) is 4.79 Å². The van der Waals surface area contributed by atoms with Gasteiger partial charge < -0.3 is 10.6 Å². The number of hydrogen-bond donors (Lipinski definition) is 2. The molecular formula is C15H19N3OS. The van der Waals surface area contributed by atoms with Crippen LogP contribution in [0.3, 0.4) is 0 Å². The molecule has 2 aromatic rings. The highest BCUT2D eigenvalue weighted by atomic mass is 32.1. The molecule has 0 fully saturated rings. The van der Waals surface area contributed by atoms with Crippen molar-refractivity contribution in [2.45, 2.75) is 32.7 Å². The molecular weight excluding hydrogens is 270 g/mol. The number of anilines is 2. The SMILES string of the molecule is CC(C)(C)Nc1ccc(NC(=O)Cc2cccs2)cn1. The lowest BCUT2D eigenvalue weighted by atomic mass is 10.1. The highest BCUT2D eigenvalue weighted by Crippen LogP contribution is 2.15. The van der Waals surface area contributed by atoms with E-state index in [4.69, 9.17) is 0 Å². The summed E-state index contributed by atoms with van der Waals surface area (Å²) < 4.78 is 0. The fourth-order valence-corrected chi connectivity index (χ4v) is 2.41. The number of amides is 1. The summed E-state index contributed by atoms with van der Waals surface area (Å²) in [5.41, 5.74) is 0.683. The van der Waals surface area contributed by atoms with Crippen LogP contribution in [0.2, 0.25) is 0 Å². The van der Waals surface area contributed by atoms with Crippen molar-refractivity contribution >= 4 is 28.7 Å². The Hall–Kier alpha value is -1.88. The number of carbonyl (C=O) groups is 1. The number of nitrogens with zero attached hydrogens (tertiary/aromatic N) is 1. The second kappa shape index (κ2) is 6.05. The summed E-state index contributed by atoms with van der Waals surface area (Å²) in [4.78, 5) is 17.2. The molecule has 0 aliphatic carbocycles. The summed E-state index contributed by atoms with van der Waals surface area (Å²) in [7, 11) is 0. The molecule has 1 amide bonds. The standard InChI is InChI=1S/C15H19N3OS/c1-15(2,3)18-13-7-6-11(10-16-13)17-14(19)9-12-5-4-8-20-12/h4-8,10H,9H2,1-3H3,(H,16,18)(H,17,19). The summed E-state index contributed by atoms with van der Waals surface area (Å²) in [6.07, 6.45) is 2.07. The van der Waals surface area contributed by atoms with Gasteiger partial charge >= 0.3 is 0 Å².